The van der Waals surface area contributed by atoms with Gasteiger partial charge in [0, 0.05) is 7.05 Å². The molecule has 0 heterocycles. The Kier molecular flexibility index (Phi) is 6.60. The topological polar surface area (TPSA) is 34.0 Å². The standard InChI is InChI=1S/C18H28N2O/c1-7-15(20-19-6)9-8-12-21-17-11-10-14(2)13-16(17)18(3,4)5/h7,10-11,13H,8-9,12H2,1-6H3/b15-7-,20-19?. The first-order valence-corrected chi connectivity index (χ1v) is 7.57. The molecular formula is C18H28N2O. The Morgan fingerprint density at radius 3 is 2.57 bits per heavy atom. The van der Waals surface area contributed by atoms with E-state index in [0.29, 0.717) is 6.61 Å². The fraction of sp³-hybridized carbons (Fsp3) is 0.556. The molecule has 0 spiro atoms. The van der Waals surface area contributed by atoms with E-state index in [4.69, 9.17) is 4.74 Å². The summed E-state index contributed by atoms with van der Waals surface area (Å²) in [4.78, 5) is 0. The van der Waals surface area contributed by atoms with Crippen molar-refractivity contribution < 1.29 is 4.74 Å². The fourth-order valence-electron chi connectivity index (χ4n) is 2.17. The van der Waals surface area contributed by atoms with Crippen molar-refractivity contribution in [3.8, 4) is 5.75 Å². The molecule has 0 aliphatic rings. The summed E-state index contributed by atoms with van der Waals surface area (Å²) in [6.07, 6.45) is 3.83. The molecule has 1 rings (SSSR count). The number of nitrogens with zero attached hydrogens (tertiary/aromatic N) is 2. The molecule has 1 aromatic rings. The third kappa shape index (κ3) is 5.70. The Bertz CT molecular complexity index is 510. The van der Waals surface area contributed by atoms with Gasteiger partial charge in [-0.15, -0.1) is 0 Å². The number of aryl methyl sites for hydroxylation is 1. The third-order valence-corrected chi connectivity index (χ3v) is 3.34. The highest BCUT2D eigenvalue weighted by Crippen LogP contribution is 2.32. The summed E-state index contributed by atoms with van der Waals surface area (Å²) < 4.78 is 5.99. The molecule has 3 nitrogen and oxygen atoms in total. The molecule has 0 fully saturated rings. The van der Waals surface area contributed by atoms with Gasteiger partial charge in [0.15, 0.2) is 0 Å². The molecule has 116 valence electrons. The van der Waals surface area contributed by atoms with Crippen LogP contribution in [-0.4, -0.2) is 13.7 Å². The molecule has 0 bridgehead atoms. The van der Waals surface area contributed by atoms with Crippen LogP contribution in [0.5, 0.6) is 5.75 Å². The van der Waals surface area contributed by atoms with Crippen LogP contribution in [0.25, 0.3) is 0 Å². The Morgan fingerprint density at radius 1 is 1.29 bits per heavy atom. The van der Waals surface area contributed by atoms with E-state index in [0.717, 1.165) is 24.3 Å². The molecule has 21 heavy (non-hydrogen) atoms. The number of azo groups is 1. The van der Waals surface area contributed by atoms with Gasteiger partial charge in [-0.1, -0.05) is 44.5 Å². The summed E-state index contributed by atoms with van der Waals surface area (Å²) in [6.45, 7) is 11.5. The number of benzene rings is 1. The Hall–Kier alpha value is -1.64. The van der Waals surface area contributed by atoms with E-state index in [1.807, 2.05) is 13.0 Å². The maximum atomic E-state index is 5.99. The van der Waals surface area contributed by atoms with Crippen LogP contribution in [0.15, 0.2) is 40.2 Å². The van der Waals surface area contributed by atoms with Gasteiger partial charge in [-0.2, -0.15) is 10.2 Å². The van der Waals surface area contributed by atoms with E-state index in [9.17, 15) is 0 Å². The first-order chi connectivity index (χ1) is 9.88. The minimum absolute atomic E-state index is 0.0895. The second-order valence-electron chi connectivity index (χ2n) is 6.28. The highest BCUT2D eigenvalue weighted by Gasteiger charge is 2.19. The van der Waals surface area contributed by atoms with Crippen molar-refractivity contribution in [1.82, 2.24) is 0 Å². The molecular weight excluding hydrogens is 260 g/mol. The monoisotopic (exact) mass is 288 g/mol. The van der Waals surface area contributed by atoms with Gasteiger partial charge in [0.25, 0.3) is 0 Å². The second-order valence-corrected chi connectivity index (χ2v) is 6.28. The van der Waals surface area contributed by atoms with Crippen molar-refractivity contribution in [2.45, 2.75) is 52.9 Å². The predicted octanol–water partition coefficient (Wildman–Crippen LogP) is 5.44. The maximum absolute atomic E-state index is 5.99. The highest BCUT2D eigenvalue weighted by atomic mass is 16.5. The smallest absolute Gasteiger partial charge is 0.123 e. The predicted molar refractivity (Wildman–Crippen MR) is 89.1 cm³/mol. The average molecular weight is 288 g/mol. The molecule has 1 aromatic carbocycles. The number of rotatable bonds is 6. The molecule has 0 saturated carbocycles. The molecule has 0 saturated heterocycles. The Morgan fingerprint density at radius 2 is 2.00 bits per heavy atom. The maximum Gasteiger partial charge on any atom is 0.123 e. The summed E-state index contributed by atoms with van der Waals surface area (Å²) >= 11 is 0. The van der Waals surface area contributed by atoms with E-state index in [1.54, 1.807) is 7.05 Å². The van der Waals surface area contributed by atoms with Gasteiger partial charge >= 0.3 is 0 Å². The van der Waals surface area contributed by atoms with Crippen LogP contribution in [-0.2, 0) is 5.41 Å². The molecule has 0 N–H and O–H groups in total. The van der Waals surface area contributed by atoms with Crippen molar-refractivity contribution >= 4 is 0 Å². The summed E-state index contributed by atoms with van der Waals surface area (Å²) in [5.41, 5.74) is 3.64. The highest BCUT2D eigenvalue weighted by molar-refractivity contribution is 5.41. The summed E-state index contributed by atoms with van der Waals surface area (Å²) in [6, 6.07) is 6.41. The van der Waals surface area contributed by atoms with Gasteiger partial charge < -0.3 is 4.74 Å². The van der Waals surface area contributed by atoms with Crippen molar-refractivity contribution in [3.63, 3.8) is 0 Å². The van der Waals surface area contributed by atoms with Gasteiger partial charge in [0.2, 0.25) is 0 Å². The Balaban J connectivity index is 2.64. The number of hydrogen-bond acceptors (Lipinski definition) is 3. The van der Waals surface area contributed by atoms with Crippen molar-refractivity contribution in [3.05, 3.63) is 41.1 Å². The van der Waals surface area contributed by atoms with Crippen LogP contribution in [0.2, 0.25) is 0 Å². The van der Waals surface area contributed by atoms with E-state index in [-0.39, 0.29) is 5.41 Å². The van der Waals surface area contributed by atoms with Crippen LogP contribution >= 0.6 is 0 Å². The first-order valence-electron chi connectivity index (χ1n) is 7.57. The molecule has 0 radical (unpaired) electrons. The molecule has 0 atom stereocenters. The summed E-state index contributed by atoms with van der Waals surface area (Å²) in [5.74, 6) is 0.993. The lowest BCUT2D eigenvalue weighted by molar-refractivity contribution is 0.302. The molecule has 0 amide bonds. The van der Waals surface area contributed by atoms with E-state index >= 15 is 0 Å². The molecule has 3 heteroatoms. The van der Waals surface area contributed by atoms with E-state index in [1.165, 1.54) is 11.1 Å². The lowest BCUT2D eigenvalue weighted by atomic mass is 9.85. The van der Waals surface area contributed by atoms with Crippen molar-refractivity contribution in [2.24, 2.45) is 10.2 Å². The van der Waals surface area contributed by atoms with Gasteiger partial charge in [0.05, 0.1) is 12.3 Å². The van der Waals surface area contributed by atoms with E-state index in [2.05, 4.69) is 56.1 Å². The summed E-state index contributed by atoms with van der Waals surface area (Å²) in [7, 11) is 1.70. The van der Waals surface area contributed by atoms with Gasteiger partial charge in [-0.05, 0) is 43.7 Å². The van der Waals surface area contributed by atoms with Crippen molar-refractivity contribution in [1.29, 1.82) is 0 Å². The second kappa shape index (κ2) is 7.96. The van der Waals surface area contributed by atoms with Gasteiger partial charge in [-0.25, -0.2) is 0 Å². The molecule has 0 aromatic heterocycles. The van der Waals surface area contributed by atoms with Crippen LogP contribution in [0.4, 0.5) is 0 Å². The zero-order valence-electron chi connectivity index (χ0n) is 14.2. The first kappa shape index (κ1) is 17.4. The number of ether oxygens (including phenoxy) is 1. The molecule has 0 aliphatic carbocycles. The zero-order chi connectivity index (χ0) is 15.9. The summed E-state index contributed by atoms with van der Waals surface area (Å²) in [5, 5.41) is 7.90. The van der Waals surface area contributed by atoms with Gasteiger partial charge in [0.1, 0.15) is 5.75 Å². The lowest BCUT2D eigenvalue weighted by Gasteiger charge is -2.23. The number of allylic oxidation sites excluding steroid dienone is 2. The largest absolute Gasteiger partial charge is 0.493 e. The third-order valence-electron chi connectivity index (χ3n) is 3.34. The minimum Gasteiger partial charge on any atom is -0.493 e. The molecule has 0 unspecified atom stereocenters. The average Bonchev–Trinajstić information content (AvgIpc) is 2.42. The number of hydrogen-bond donors (Lipinski definition) is 0. The van der Waals surface area contributed by atoms with Crippen LogP contribution in [0.3, 0.4) is 0 Å². The molecule has 0 aliphatic heterocycles. The van der Waals surface area contributed by atoms with Crippen LogP contribution < -0.4 is 4.74 Å². The van der Waals surface area contributed by atoms with Crippen molar-refractivity contribution in [2.75, 3.05) is 13.7 Å². The minimum atomic E-state index is 0.0895. The fourth-order valence-corrected chi connectivity index (χ4v) is 2.17. The van der Waals surface area contributed by atoms with Gasteiger partial charge in [-0.3, -0.25) is 0 Å². The van der Waals surface area contributed by atoms with Crippen LogP contribution in [0.1, 0.15) is 51.7 Å². The lowest BCUT2D eigenvalue weighted by Crippen LogP contribution is -2.14. The van der Waals surface area contributed by atoms with E-state index < -0.39 is 0 Å². The quantitative estimate of drug-likeness (QED) is 0.507. The van der Waals surface area contributed by atoms with Crippen LogP contribution in [0, 0.1) is 6.92 Å². The SMILES string of the molecule is C/C=C(/CCCOc1ccc(C)cc1C(C)(C)C)N=NC. The Labute approximate surface area is 129 Å². The zero-order valence-corrected chi connectivity index (χ0v) is 14.2. The normalized spacial score (nSPS) is 13.0.